The molecule has 7 aromatic rings. The van der Waals surface area contributed by atoms with E-state index in [1.807, 2.05) is 42.5 Å². The summed E-state index contributed by atoms with van der Waals surface area (Å²) < 4.78 is 13.5. The van der Waals surface area contributed by atoms with E-state index in [9.17, 15) is 0 Å². The molecule has 3 aromatic heterocycles. The van der Waals surface area contributed by atoms with Gasteiger partial charge in [0.1, 0.15) is 17.7 Å². The molecule has 0 atom stereocenters. The number of rotatable bonds is 4. The van der Waals surface area contributed by atoms with Crippen molar-refractivity contribution in [3.05, 3.63) is 122 Å². The van der Waals surface area contributed by atoms with Crippen LogP contribution in [0.3, 0.4) is 0 Å². The first-order valence-electron chi connectivity index (χ1n) is 11.5. The van der Waals surface area contributed by atoms with E-state index in [0.717, 1.165) is 50.2 Å². The van der Waals surface area contributed by atoms with Gasteiger partial charge in [-0.25, -0.2) is 4.98 Å². The molecule has 0 saturated heterocycles. The van der Waals surface area contributed by atoms with Gasteiger partial charge in [0.05, 0.1) is 29.1 Å². The molecule has 7 rings (SSSR count). The molecule has 0 aliphatic carbocycles. The number of benzene rings is 4. The average molecular weight is 453 g/mol. The number of imidazole rings is 1. The molecule has 0 bridgehead atoms. The molecular weight excluding hydrogens is 432 g/mol. The summed E-state index contributed by atoms with van der Waals surface area (Å²) in [4.78, 5) is 5.04. The molecule has 0 unspecified atom stereocenters. The zero-order valence-corrected chi connectivity index (χ0v) is 18.8. The van der Waals surface area contributed by atoms with Gasteiger partial charge in [-0.1, -0.05) is 60.7 Å². The van der Waals surface area contributed by atoms with Gasteiger partial charge in [-0.15, -0.1) is 0 Å². The minimum absolute atomic E-state index is 0.824. The van der Waals surface area contributed by atoms with Gasteiger partial charge in [-0.05, 0) is 59.2 Å². The SMILES string of the molecule is c1ccc(-c2ccc(-n3c(-c4coc5ccc(-c6ccoc6)cc45)nc4ccccc43)cc2)cc1. The van der Waals surface area contributed by atoms with Gasteiger partial charge < -0.3 is 8.83 Å². The number of para-hydroxylation sites is 2. The summed E-state index contributed by atoms with van der Waals surface area (Å²) in [5, 5.41) is 1.01. The van der Waals surface area contributed by atoms with Crippen molar-refractivity contribution in [2.24, 2.45) is 0 Å². The lowest BCUT2D eigenvalue weighted by atomic mass is 10.0. The maximum absolute atomic E-state index is 5.96. The molecule has 0 N–H and O–H groups in total. The molecule has 0 amide bonds. The smallest absolute Gasteiger partial charge is 0.149 e. The zero-order valence-electron chi connectivity index (χ0n) is 18.8. The molecule has 4 aromatic carbocycles. The fourth-order valence-electron chi connectivity index (χ4n) is 4.71. The van der Waals surface area contributed by atoms with Crippen molar-refractivity contribution in [2.75, 3.05) is 0 Å². The summed E-state index contributed by atoms with van der Waals surface area (Å²) in [6.45, 7) is 0. The Morgan fingerprint density at radius 3 is 2.23 bits per heavy atom. The quantitative estimate of drug-likeness (QED) is 0.269. The third-order valence-corrected chi connectivity index (χ3v) is 6.46. The number of hydrogen-bond donors (Lipinski definition) is 0. The van der Waals surface area contributed by atoms with Gasteiger partial charge in [0.2, 0.25) is 0 Å². The van der Waals surface area contributed by atoms with Crippen LogP contribution in [-0.4, -0.2) is 9.55 Å². The molecule has 166 valence electrons. The third kappa shape index (κ3) is 3.27. The summed E-state index contributed by atoms with van der Waals surface area (Å²) in [6, 6.07) is 35.4. The fraction of sp³-hybridized carbons (Fsp3) is 0. The van der Waals surface area contributed by atoms with E-state index in [2.05, 4.69) is 65.2 Å². The van der Waals surface area contributed by atoms with E-state index in [4.69, 9.17) is 13.8 Å². The second-order valence-corrected chi connectivity index (χ2v) is 8.54. The van der Waals surface area contributed by atoms with Crippen molar-refractivity contribution >= 4 is 22.0 Å². The first-order valence-corrected chi connectivity index (χ1v) is 11.5. The van der Waals surface area contributed by atoms with Crippen LogP contribution in [0.15, 0.2) is 131 Å². The van der Waals surface area contributed by atoms with Gasteiger partial charge in [0, 0.05) is 16.6 Å². The molecule has 0 saturated carbocycles. The van der Waals surface area contributed by atoms with E-state index < -0.39 is 0 Å². The van der Waals surface area contributed by atoms with Crippen molar-refractivity contribution in [2.45, 2.75) is 0 Å². The van der Waals surface area contributed by atoms with Gasteiger partial charge in [-0.2, -0.15) is 0 Å². The maximum atomic E-state index is 5.96. The van der Waals surface area contributed by atoms with Crippen LogP contribution in [0.5, 0.6) is 0 Å². The van der Waals surface area contributed by atoms with Crippen LogP contribution >= 0.6 is 0 Å². The molecule has 0 aliphatic rings. The number of furan rings is 2. The fourth-order valence-corrected chi connectivity index (χ4v) is 4.71. The Bertz CT molecular complexity index is 1770. The highest BCUT2D eigenvalue weighted by Gasteiger charge is 2.19. The summed E-state index contributed by atoms with van der Waals surface area (Å²) in [5.74, 6) is 0.849. The third-order valence-electron chi connectivity index (χ3n) is 6.46. The molecule has 3 heterocycles. The molecule has 35 heavy (non-hydrogen) atoms. The number of nitrogens with zero attached hydrogens (tertiary/aromatic N) is 2. The minimum Gasteiger partial charge on any atom is -0.472 e. The van der Waals surface area contributed by atoms with Crippen molar-refractivity contribution in [1.29, 1.82) is 0 Å². The summed E-state index contributed by atoms with van der Waals surface area (Å²) in [7, 11) is 0. The van der Waals surface area contributed by atoms with E-state index in [1.54, 1.807) is 18.8 Å². The molecule has 0 fully saturated rings. The van der Waals surface area contributed by atoms with Crippen LogP contribution in [0.25, 0.3) is 61.3 Å². The molecular formula is C31H20N2O2. The van der Waals surface area contributed by atoms with Gasteiger partial charge >= 0.3 is 0 Å². The van der Waals surface area contributed by atoms with E-state index in [-0.39, 0.29) is 0 Å². The summed E-state index contributed by atoms with van der Waals surface area (Å²) >= 11 is 0. The van der Waals surface area contributed by atoms with Crippen molar-refractivity contribution in [3.63, 3.8) is 0 Å². The van der Waals surface area contributed by atoms with Crippen molar-refractivity contribution in [3.8, 4) is 39.3 Å². The Hall–Kier alpha value is -4.83. The monoisotopic (exact) mass is 452 g/mol. The first-order chi connectivity index (χ1) is 17.3. The molecule has 4 nitrogen and oxygen atoms in total. The van der Waals surface area contributed by atoms with Crippen LogP contribution < -0.4 is 0 Å². The largest absolute Gasteiger partial charge is 0.472 e. The lowest BCUT2D eigenvalue weighted by Gasteiger charge is -2.10. The molecule has 4 heteroatoms. The first kappa shape index (κ1) is 19.6. The molecule has 0 spiro atoms. The second kappa shape index (κ2) is 7.89. The van der Waals surface area contributed by atoms with Gasteiger partial charge in [0.25, 0.3) is 0 Å². The Morgan fingerprint density at radius 2 is 1.40 bits per heavy atom. The second-order valence-electron chi connectivity index (χ2n) is 8.54. The maximum Gasteiger partial charge on any atom is 0.149 e. The van der Waals surface area contributed by atoms with E-state index >= 15 is 0 Å². The normalized spacial score (nSPS) is 11.4. The highest BCUT2D eigenvalue weighted by molar-refractivity contribution is 5.97. The van der Waals surface area contributed by atoms with Crippen LogP contribution in [0.2, 0.25) is 0 Å². The standard InChI is InChI=1S/C31H20N2O2/c1-2-6-21(7-3-1)22-10-13-25(14-11-22)33-29-9-5-4-8-28(29)32-31(33)27-20-35-30-15-12-23(18-26(27)30)24-16-17-34-19-24/h1-20H. The highest BCUT2D eigenvalue weighted by Crippen LogP contribution is 2.37. The predicted molar refractivity (Wildman–Crippen MR) is 139 cm³/mol. The van der Waals surface area contributed by atoms with Gasteiger partial charge in [0.15, 0.2) is 0 Å². The topological polar surface area (TPSA) is 44.1 Å². The summed E-state index contributed by atoms with van der Waals surface area (Å²) in [6.07, 6.45) is 5.25. The van der Waals surface area contributed by atoms with Crippen LogP contribution in [0, 0.1) is 0 Å². The van der Waals surface area contributed by atoms with Crippen molar-refractivity contribution in [1.82, 2.24) is 9.55 Å². The Morgan fingerprint density at radius 1 is 0.629 bits per heavy atom. The minimum atomic E-state index is 0.824. The Balaban J connectivity index is 1.42. The molecule has 0 radical (unpaired) electrons. The number of aromatic nitrogens is 2. The van der Waals surface area contributed by atoms with Crippen LogP contribution in [0.4, 0.5) is 0 Å². The van der Waals surface area contributed by atoms with E-state index in [1.165, 1.54) is 11.1 Å². The van der Waals surface area contributed by atoms with Crippen LogP contribution in [-0.2, 0) is 0 Å². The Kier molecular flexibility index (Phi) is 4.42. The average Bonchev–Trinajstić information content (AvgIpc) is 3.67. The number of hydrogen-bond acceptors (Lipinski definition) is 3. The number of fused-ring (bicyclic) bond motifs is 2. The van der Waals surface area contributed by atoms with Crippen molar-refractivity contribution < 1.29 is 8.83 Å². The lowest BCUT2D eigenvalue weighted by molar-refractivity contribution is 0.568. The van der Waals surface area contributed by atoms with Gasteiger partial charge in [-0.3, -0.25) is 4.57 Å². The molecule has 0 aliphatic heterocycles. The summed E-state index contributed by atoms with van der Waals surface area (Å²) in [5.41, 5.74) is 9.30. The van der Waals surface area contributed by atoms with E-state index in [0.29, 0.717) is 0 Å². The lowest BCUT2D eigenvalue weighted by Crippen LogP contribution is -1.97. The zero-order chi connectivity index (χ0) is 23.2. The Labute approximate surface area is 201 Å². The predicted octanol–water partition coefficient (Wildman–Crippen LogP) is 8.37. The highest BCUT2D eigenvalue weighted by atomic mass is 16.3. The van der Waals surface area contributed by atoms with Crippen LogP contribution in [0.1, 0.15) is 0 Å².